The summed E-state index contributed by atoms with van der Waals surface area (Å²) in [7, 11) is 0. The van der Waals surface area contributed by atoms with E-state index >= 15 is 0 Å². The molecule has 0 N–H and O–H groups in total. The van der Waals surface area contributed by atoms with Crippen LogP contribution in [0.25, 0.3) is 0 Å². The van der Waals surface area contributed by atoms with E-state index in [4.69, 9.17) is 14.2 Å². The molecule has 0 heterocycles. The van der Waals surface area contributed by atoms with E-state index in [0.29, 0.717) is 19.3 Å². The third-order valence-electron chi connectivity index (χ3n) is 16.7. The Morgan fingerprint density at radius 2 is 0.450 bits per heavy atom. The van der Waals surface area contributed by atoms with Crippen LogP contribution in [-0.2, 0) is 28.6 Å². The van der Waals surface area contributed by atoms with Crippen LogP contribution in [0.15, 0.2) is 24.3 Å². The van der Waals surface area contributed by atoms with Gasteiger partial charge in [0.05, 0.1) is 0 Å². The first kappa shape index (κ1) is 77.9. The van der Waals surface area contributed by atoms with E-state index in [-0.39, 0.29) is 31.1 Å². The highest BCUT2D eigenvalue weighted by Gasteiger charge is 2.19. The SMILES string of the molecule is CCCCCCC/C=C\C/C=C\CCCCCCCCCCCC(=O)OC(COC(=O)CCCCCCCCCCCC)COC(=O)CCCCCCCCCCCCCCCCCCCCCCCCCCCCCCCCC. The van der Waals surface area contributed by atoms with Gasteiger partial charge < -0.3 is 14.2 Å². The smallest absolute Gasteiger partial charge is 0.306 e. The van der Waals surface area contributed by atoms with Gasteiger partial charge in [0.1, 0.15) is 13.2 Å². The standard InChI is InChI=1S/C74H140O6/c1-4-7-10-13-16-19-22-24-26-28-30-32-33-34-35-36-37-38-39-40-41-43-44-46-48-50-52-55-58-61-64-67-73(76)79-70-71(69-78-72(75)66-63-60-57-54-21-18-15-12-9-6-3)80-74(77)68-65-62-59-56-53-51-49-47-45-42-31-29-27-25-23-20-17-14-11-8-5-2/h23,25,29,31,71H,4-22,24,26-28,30,32-70H2,1-3H3/b25-23-,31-29-. The van der Waals surface area contributed by atoms with Gasteiger partial charge in [-0.15, -0.1) is 0 Å². The van der Waals surface area contributed by atoms with E-state index in [1.807, 2.05) is 0 Å². The van der Waals surface area contributed by atoms with Crippen LogP contribution in [-0.4, -0.2) is 37.2 Å². The summed E-state index contributed by atoms with van der Waals surface area (Å²) in [5.41, 5.74) is 0. The number of allylic oxidation sites excluding steroid dienone is 4. The Labute approximate surface area is 500 Å². The van der Waals surface area contributed by atoms with Gasteiger partial charge in [0, 0.05) is 19.3 Å². The fourth-order valence-electron chi connectivity index (χ4n) is 11.2. The number of esters is 3. The fourth-order valence-corrected chi connectivity index (χ4v) is 11.2. The van der Waals surface area contributed by atoms with Crippen LogP contribution in [0.2, 0.25) is 0 Å². The van der Waals surface area contributed by atoms with Crippen LogP contribution in [0.5, 0.6) is 0 Å². The Morgan fingerprint density at radius 1 is 0.250 bits per heavy atom. The number of unbranched alkanes of at least 4 members (excludes halogenated alkanes) is 53. The molecule has 0 saturated carbocycles. The van der Waals surface area contributed by atoms with Crippen molar-refractivity contribution in [1.29, 1.82) is 0 Å². The highest BCUT2D eigenvalue weighted by Crippen LogP contribution is 2.19. The summed E-state index contributed by atoms with van der Waals surface area (Å²) in [5, 5.41) is 0. The van der Waals surface area contributed by atoms with Gasteiger partial charge in [0.25, 0.3) is 0 Å². The van der Waals surface area contributed by atoms with E-state index < -0.39 is 6.10 Å². The minimum Gasteiger partial charge on any atom is -0.462 e. The molecule has 0 aromatic carbocycles. The molecule has 0 rings (SSSR count). The Morgan fingerprint density at radius 3 is 0.688 bits per heavy atom. The molecule has 0 aromatic heterocycles. The molecule has 472 valence electrons. The van der Waals surface area contributed by atoms with E-state index in [2.05, 4.69) is 45.1 Å². The molecule has 80 heavy (non-hydrogen) atoms. The Bertz CT molecular complexity index is 1290. The molecule has 0 spiro atoms. The predicted octanol–water partition coefficient (Wildman–Crippen LogP) is 25.0. The predicted molar refractivity (Wildman–Crippen MR) is 349 cm³/mol. The van der Waals surface area contributed by atoms with Crippen molar-refractivity contribution in [2.45, 2.75) is 419 Å². The molecule has 0 aliphatic heterocycles. The quantitative estimate of drug-likeness (QED) is 0.0261. The largest absolute Gasteiger partial charge is 0.462 e. The zero-order chi connectivity index (χ0) is 57.8. The summed E-state index contributed by atoms with van der Waals surface area (Å²) in [6.45, 7) is 6.69. The lowest BCUT2D eigenvalue weighted by atomic mass is 10.0. The van der Waals surface area contributed by atoms with Crippen molar-refractivity contribution in [3.05, 3.63) is 24.3 Å². The van der Waals surface area contributed by atoms with E-state index in [1.54, 1.807) is 0 Å². The molecule has 0 bridgehead atoms. The molecule has 0 aliphatic rings. The van der Waals surface area contributed by atoms with Crippen LogP contribution in [0.3, 0.4) is 0 Å². The van der Waals surface area contributed by atoms with Crippen molar-refractivity contribution in [2.75, 3.05) is 13.2 Å². The summed E-state index contributed by atoms with van der Waals surface area (Å²) in [5.74, 6) is -0.843. The monoisotopic (exact) mass is 1130 g/mol. The van der Waals surface area contributed by atoms with Gasteiger partial charge >= 0.3 is 17.9 Å². The van der Waals surface area contributed by atoms with E-state index in [1.165, 1.54) is 308 Å². The first-order valence-corrected chi connectivity index (χ1v) is 36.3. The fraction of sp³-hybridized carbons (Fsp3) is 0.905. The van der Waals surface area contributed by atoms with Gasteiger partial charge in [-0.3, -0.25) is 14.4 Å². The number of rotatable bonds is 68. The molecular weight excluding hydrogens is 985 g/mol. The average Bonchev–Trinajstić information content (AvgIpc) is 3.46. The average molecular weight is 1130 g/mol. The van der Waals surface area contributed by atoms with Crippen molar-refractivity contribution in [3.63, 3.8) is 0 Å². The van der Waals surface area contributed by atoms with Crippen molar-refractivity contribution < 1.29 is 28.6 Å². The summed E-state index contributed by atoms with van der Waals surface area (Å²) < 4.78 is 17.0. The van der Waals surface area contributed by atoms with Crippen LogP contribution in [0.4, 0.5) is 0 Å². The summed E-state index contributed by atoms with van der Waals surface area (Å²) in [4.78, 5) is 38.3. The van der Waals surface area contributed by atoms with Crippen LogP contribution < -0.4 is 0 Å². The van der Waals surface area contributed by atoms with Crippen molar-refractivity contribution >= 4 is 17.9 Å². The third kappa shape index (κ3) is 66.7. The molecule has 0 saturated heterocycles. The maximum Gasteiger partial charge on any atom is 0.306 e. The first-order chi connectivity index (χ1) is 39.5. The maximum atomic E-state index is 12.9. The molecule has 6 heteroatoms. The number of hydrogen-bond donors (Lipinski definition) is 0. The molecular formula is C74H140O6. The number of hydrogen-bond acceptors (Lipinski definition) is 6. The molecule has 0 amide bonds. The second-order valence-corrected chi connectivity index (χ2v) is 24.9. The molecule has 0 aliphatic carbocycles. The number of ether oxygens (including phenoxy) is 3. The van der Waals surface area contributed by atoms with Gasteiger partial charge in [-0.25, -0.2) is 0 Å². The molecule has 0 radical (unpaired) electrons. The van der Waals surface area contributed by atoms with E-state index in [0.717, 1.165) is 64.2 Å². The maximum absolute atomic E-state index is 12.9. The van der Waals surface area contributed by atoms with Gasteiger partial charge in [0.2, 0.25) is 0 Å². The van der Waals surface area contributed by atoms with Crippen LogP contribution in [0.1, 0.15) is 412 Å². The second kappa shape index (κ2) is 69.4. The van der Waals surface area contributed by atoms with Gasteiger partial charge in [-0.05, 0) is 51.4 Å². The zero-order valence-corrected chi connectivity index (χ0v) is 54.4. The van der Waals surface area contributed by atoms with Crippen molar-refractivity contribution in [3.8, 4) is 0 Å². The number of carbonyl (C=O) groups excluding carboxylic acids is 3. The third-order valence-corrected chi connectivity index (χ3v) is 16.7. The zero-order valence-electron chi connectivity index (χ0n) is 54.4. The Hall–Kier alpha value is -2.11. The minimum absolute atomic E-state index is 0.0668. The highest BCUT2D eigenvalue weighted by molar-refractivity contribution is 5.71. The van der Waals surface area contributed by atoms with Crippen LogP contribution >= 0.6 is 0 Å². The Kier molecular flexibility index (Phi) is 67.6. The lowest BCUT2D eigenvalue weighted by Crippen LogP contribution is -2.30. The van der Waals surface area contributed by atoms with Gasteiger partial charge in [-0.2, -0.15) is 0 Å². The van der Waals surface area contributed by atoms with Gasteiger partial charge in [0.15, 0.2) is 6.10 Å². The van der Waals surface area contributed by atoms with Crippen molar-refractivity contribution in [2.24, 2.45) is 0 Å². The number of carbonyl (C=O) groups is 3. The normalized spacial score (nSPS) is 12.1. The molecule has 0 fully saturated rings. The van der Waals surface area contributed by atoms with Crippen molar-refractivity contribution in [1.82, 2.24) is 0 Å². The topological polar surface area (TPSA) is 78.9 Å². The molecule has 0 aromatic rings. The molecule has 1 atom stereocenters. The lowest BCUT2D eigenvalue weighted by molar-refractivity contribution is -0.167. The summed E-state index contributed by atoms with van der Waals surface area (Å²) in [6.07, 6.45) is 85.2. The second-order valence-electron chi connectivity index (χ2n) is 24.9. The summed E-state index contributed by atoms with van der Waals surface area (Å²) >= 11 is 0. The Balaban J connectivity index is 4.08. The highest BCUT2D eigenvalue weighted by atomic mass is 16.6. The van der Waals surface area contributed by atoms with Gasteiger partial charge in [-0.1, -0.05) is 366 Å². The van der Waals surface area contributed by atoms with E-state index in [9.17, 15) is 14.4 Å². The summed E-state index contributed by atoms with van der Waals surface area (Å²) in [6, 6.07) is 0. The van der Waals surface area contributed by atoms with Crippen LogP contribution in [0, 0.1) is 0 Å². The molecule has 1 unspecified atom stereocenters. The lowest BCUT2D eigenvalue weighted by Gasteiger charge is -2.18. The first-order valence-electron chi connectivity index (χ1n) is 36.3. The minimum atomic E-state index is -0.770. The molecule has 6 nitrogen and oxygen atoms in total.